The molecule has 5 aromatic heterocycles. The molecule has 0 bridgehead atoms. The SMILES string of the molecule is Cc1ccc(C)c(C)n1.Cc1cccc(C)n1.Cc1ccccn1.Cc1ncccc1C(=O)O.Cc1ncccn1. The van der Waals surface area contributed by atoms with Gasteiger partial charge in [-0.05, 0) is 109 Å². The number of carbonyl (C=O) groups is 1. The summed E-state index contributed by atoms with van der Waals surface area (Å²) >= 11 is 0. The Bertz CT molecular complexity index is 1390. The van der Waals surface area contributed by atoms with Crippen LogP contribution in [0.1, 0.15) is 55.9 Å². The Hall–Kier alpha value is -4.85. The number of pyridine rings is 4. The molecule has 0 saturated carbocycles. The molecule has 0 aliphatic carbocycles. The van der Waals surface area contributed by atoms with E-state index in [2.05, 4.69) is 42.9 Å². The van der Waals surface area contributed by atoms with E-state index < -0.39 is 5.97 Å². The van der Waals surface area contributed by atoms with E-state index in [9.17, 15) is 4.79 Å². The fraction of sp³-hybridized carbons (Fsp3) is 0.242. The predicted octanol–water partition coefficient (Wildman–Crippen LogP) is 6.97. The van der Waals surface area contributed by atoms with Gasteiger partial charge >= 0.3 is 5.97 Å². The van der Waals surface area contributed by atoms with Gasteiger partial charge in [-0.1, -0.05) is 18.2 Å². The topological polar surface area (TPSA) is 115 Å². The minimum Gasteiger partial charge on any atom is -0.478 e. The molecular weight excluding hydrogens is 512 g/mol. The summed E-state index contributed by atoms with van der Waals surface area (Å²) in [6, 6.07) is 20.9. The number of carboxylic acids is 1. The van der Waals surface area contributed by atoms with Crippen molar-refractivity contribution in [1.82, 2.24) is 29.9 Å². The molecule has 8 nitrogen and oxygen atoms in total. The van der Waals surface area contributed by atoms with Crippen molar-refractivity contribution in [3.8, 4) is 0 Å². The van der Waals surface area contributed by atoms with Crippen LogP contribution in [0.4, 0.5) is 0 Å². The van der Waals surface area contributed by atoms with E-state index >= 15 is 0 Å². The molecule has 0 aliphatic heterocycles. The first-order valence-electron chi connectivity index (χ1n) is 13.1. The molecule has 0 fully saturated rings. The third-order valence-electron chi connectivity index (χ3n) is 5.26. The lowest BCUT2D eigenvalue weighted by molar-refractivity contribution is 0.0695. The Morgan fingerprint density at radius 2 is 1.07 bits per heavy atom. The quantitative estimate of drug-likeness (QED) is 0.237. The van der Waals surface area contributed by atoms with Gasteiger partial charge in [-0.3, -0.25) is 19.9 Å². The van der Waals surface area contributed by atoms with Gasteiger partial charge < -0.3 is 5.11 Å². The van der Waals surface area contributed by atoms with Crippen LogP contribution in [-0.2, 0) is 0 Å². The van der Waals surface area contributed by atoms with E-state index in [1.54, 1.807) is 43.8 Å². The smallest absolute Gasteiger partial charge is 0.337 e. The second-order valence-corrected chi connectivity index (χ2v) is 8.98. The van der Waals surface area contributed by atoms with Crippen LogP contribution < -0.4 is 0 Å². The maximum atomic E-state index is 10.4. The van der Waals surface area contributed by atoms with E-state index in [4.69, 9.17) is 5.11 Å². The number of rotatable bonds is 1. The first-order chi connectivity index (χ1) is 19.5. The lowest BCUT2D eigenvalue weighted by Crippen LogP contribution is -2.00. The minimum absolute atomic E-state index is 0.266. The minimum atomic E-state index is -0.925. The van der Waals surface area contributed by atoms with Crippen molar-refractivity contribution in [2.24, 2.45) is 0 Å². The highest BCUT2D eigenvalue weighted by Gasteiger charge is 2.04. The molecule has 5 aromatic rings. The van der Waals surface area contributed by atoms with Crippen LogP contribution in [0.3, 0.4) is 0 Å². The number of aromatic carboxylic acids is 1. The molecule has 0 aromatic carbocycles. The maximum Gasteiger partial charge on any atom is 0.337 e. The van der Waals surface area contributed by atoms with Crippen LogP contribution in [-0.4, -0.2) is 41.0 Å². The summed E-state index contributed by atoms with van der Waals surface area (Å²) in [5.74, 6) is -0.104. The van der Waals surface area contributed by atoms with Gasteiger partial charge in [-0.2, -0.15) is 0 Å². The summed E-state index contributed by atoms with van der Waals surface area (Å²) < 4.78 is 0. The summed E-state index contributed by atoms with van der Waals surface area (Å²) in [7, 11) is 0. The summed E-state index contributed by atoms with van der Waals surface area (Å²) in [6.07, 6.45) is 6.81. The molecule has 0 unspecified atom stereocenters. The first-order valence-corrected chi connectivity index (χ1v) is 13.1. The van der Waals surface area contributed by atoms with Crippen LogP contribution in [0, 0.1) is 55.4 Å². The zero-order valence-corrected chi connectivity index (χ0v) is 25.2. The molecule has 214 valence electrons. The van der Waals surface area contributed by atoms with Crippen molar-refractivity contribution in [2.45, 2.75) is 55.4 Å². The van der Waals surface area contributed by atoms with E-state index in [1.807, 2.05) is 84.0 Å². The zero-order chi connectivity index (χ0) is 30.6. The van der Waals surface area contributed by atoms with Gasteiger partial charge in [0.1, 0.15) is 5.82 Å². The normalized spacial score (nSPS) is 9.17. The van der Waals surface area contributed by atoms with Crippen LogP contribution in [0.15, 0.2) is 91.5 Å². The van der Waals surface area contributed by atoms with Gasteiger partial charge in [0.15, 0.2) is 0 Å². The van der Waals surface area contributed by atoms with Crippen LogP contribution in [0.2, 0.25) is 0 Å². The third-order valence-corrected chi connectivity index (χ3v) is 5.26. The molecule has 0 saturated heterocycles. The molecule has 0 aliphatic rings. The standard InChI is InChI=1S/C8H11N.C7H7NO2.C7H9N.C6H7N.C5H6N2/c1-6-4-5-7(2)9-8(6)3;1-5-6(7(9)10)3-2-4-8-5;1-6-4-3-5-7(2)8-6;1-6-4-2-3-5-7-6;1-5-6-3-2-4-7-5/h4-5H,1-3H3;2-4H,1H3,(H,9,10);3-5H,1-2H3;2-5H,1H3;2-4H,1H3. The molecule has 41 heavy (non-hydrogen) atoms. The van der Waals surface area contributed by atoms with Gasteiger partial charge in [0, 0.05) is 53.3 Å². The van der Waals surface area contributed by atoms with Gasteiger partial charge in [-0.15, -0.1) is 0 Å². The van der Waals surface area contributed by atoms with E-state index in [1.165, 1.54) is 11.6 Å². The molecule has 1 N–H and O–H groups in total. The summed E-state index contributed by atoms with van der Waals surface area (Å²) in [5, 5.41) is 8.53. The van der Waals surface area contributed by atoms with Gasteiger partial charge in [-0.25, -0.2) is 14.8 Å². The van der Waals surface area contributed by atoms with Crippen LogP contribution in [0.25, 0.3) is 0 Å². The lowest BCUT2D eigenvalue weighted by Gasteiger charge is -1.97. The van der Waals surface area contributed by atoms with Crippen LogP contribution in [0.5, 0.6) is 0 Å². The number of nitrogens with zero attached hydrogens (tertiary/aromatic N) is 6. The number of aryl methyl sites for hydroxylation is 8. The number of aromatic nitrogens is 6. The third kappa shape index (κ3) is 16.0. The highest BCUT2D eigenvalue weighted by molar-refractivity contribution is 5.88. The molecule has 0 atom stereocenters. The maximum absolute atomic E-state index is 10.4. The highest BCUT2D eigenvalue weighted by atomic mass is 16.4. The second-order valence-electron chi connectivity index (χ2n) is 8.98. The van der Waals surface area contributed by atoms with Crippen LogP contribution >= 0.6 is 0 Å². The second kappa shape index (κ2) is 19.2. The summed E-state index contributed by atoms with van der Waals surface area (Å²) in [5.41, 5.74) is 7.56. The largest absolute Gasteiger partial charge is 0.478 e. The predicted molar refractivity (Wildman–Crippen MR) is 164 cm³/mol. The zero-order valence-electron chi connectivity index (χ0n) is 25.2. The first kappa shape index (κ1) is 34.2. The van der Waals surface area contributed by atoms with Crippen molar-refractivity contribution in [2.75, 3.05) is 0 Å². The average molecular weight is 553 g/mol. The van der Waals surface area contributed by atoms with Crippen molar-refractivity contribution in [3.63, 3.8) is 0 Å². The van der Waals surface area contributed by atoms with E-state index in [-0.39, 0.29) is 5.56 Å². The molecule has 0 amide bonds. The molecule has 5 rings (SSSR count). The van der Waals surface area contributed by atoms with Crippen molar-refractivity contribution < 1.29 is 9.90 Å². The van der Waals surface area contributed by atoms with Crippen molar-refractivity contribution >= 4 is 5.97 Å². The number of hydrogen-bond acceptors (Lipinski definition) is 7. The highest BCUT2D eigenvalue weighted by Crippen LogP contribution is 2.03. The Labute approximate surface area is 243 Å². The van der Waals surface area contributed by atoms with E-state index in [0.29, 0.717) is 5.69 Å². The Morgan fingerprint density at radius 1 is 0.512 bits per heavy atom. The monoisotopic (exact) mass is 552 g/mol. The summed E-state index contributed by atoms with van der Waals surface area (Å²) in [6.45, 7) is 15.6. The van der Waals surface area contributed by atoms with Crippen molar-refractivity contribution in [1.29, 1.82) is 0 Å². The Morgan fingerprint density at radius 3 is 1.41 bits per heavy atom. The van der Waals surface area contributed by atoms with Gasteiger partial charge in [0.2, 0.25) is 0 Å². The fourth-order valence-electron chi connectivity index (χ4n) is 2.97. The average Bonchev–Trinajstić information content (AvgIpc) is 2.93. The molecule has 8 heteroatoms. The van der Waals surface area contributed by atoms with Gasteiger partial charge in [0.05, 0.1) is 11.3 Å². The van der Waals surface area contributed by atoms with Crippen molar-refractivity contribution in [3.05, 3.63) is 143 Å². The lowest BCUT2D eigenvalue weighted by atomic mass is 10.2. The fourth-order valence-corrected chi connectivity index (χ4v) is 2.97. The Kier molecular flexibility index (Phi) is 16.0. The summed E-state index contributed by atoms with van der Waals surface area (Å²) in [4.78, 5) is 34.4. The molecule has 0 radical (unpaired) electrons. The Balaban J connectivity index is 0.000000258. The number of hydrogen-bond donors (Lipinski definition) is 1. The molecular formula is C33H40N6O2. The van der Waals surface area contributed by atoms with Gasteiger partial charge in [0.25, 0.3) is 0 Å². The molecule has 5 heterocycles. The molecule has 0 spiro atoms. The van der Waals surface area contributed by atoms with E-state index in [0.717, 1.165) is 34.3 Å². The number of carboxylic acid groups (broad SMARTS) is 1.